The standard InChI is InChI=1S/C26H30N5O2P/c1-17(2)33-26-29-24(28-20-10-12-21(13-11-20)34(5,6)32)23-25(30-26)31(16-27-23)15-14-22-18(3)8-7-9-19(22)4/h7-17H,1-6H3,(H,28,29,30)/b15-14+. The summed E-state index contributed by atoms with van der Waals surface area (Å²) in [5.74, 6) is 0.545. The van der Waals surface area contributed by atoms with Crippen LogP contribution in [0.15, 0.2) is 48.8 Å². The van der Waals surface area contributed by atoms with Gasteiger partial charge in [0.25, 0.3) is 0 Å². The number of ether oxygens (including phenoxy) is 1. The molecular formula is C26H30N5O2P. The number of hydrogen-bond donors (Lipinski definition) is 1. The fourth-order valence-corrected chi connectivity index (χ4v) is 4.51. The third-order valence-corrected chi connectivity index (χ3v) is 6.98. The molecule has 1 N–H and O–H groups in total. The van der Waals surface area contributed by atoms with Gasteiger partial charge in [0.05, 0.1) is 6.10 Å². The third-order valence-electron chi connectivity index (χ3n) is 5.44. The van der Waals surface area contributed by atoms with Crippen molar-refractivity contribution in [2.45, 2.75) is 33.8 Å². The summed E-state index contributed by atoms with van der Waals surface area (Å²) < 4.78 is 20.0. The van der Waals surface area contributed by atoms with Crippen molar-refractivity contribution in [1.82, 2.24) is 19.5 Å². The number of benzene rings is 2. The van der Waals surface area contributed by atoms with Gasteiger partial charge in [0.1, 0.15) is 13.5 Å². The Kier molecular flexibility index (Phi) is 6.58. The van der Waals surface area contributed by atoms with E-state index in [2.05, 4.69) is 58.4 Å². The lowest BCUT2D eigenvalue weighted by Gasteiger charge is -2.12. The Morgan fingerprint density at radius 3 is 2.32 bits per heavy atom. The van der Waals surface area contributed by atoms with E-state index in [1.54, 1.807) is 19.7 Å². The maximum atomic E-state index is 12.3. The number of rotatable bonds is 7. The first-order valence-corrected chi connectivity index (χ1v) is 13.8. The lowest BCUT2D eigenvalue weighted by molar-refractivity contribution is 0.223. The van der Waals surface area contributed by atoms with Crippen molar-refractivity contribution in [1.29, 1.82) is 0 Å². The SMILES string of the molecule is Cc1cccc(C)c1/C=C/n1cnc2c(Nc3ccc(P(C)(C)=O)cc3)nc(OC(C)C)nc21. The van der Waals surface area contributed by atoms with Crippen LogP contribution >= 0.6 is 7.14 Å². The molecule has 8 heteroatoms. The van der Waals surface area contributed by atoms with E-state index in [9.17, 15) is 4.57 Å². The van der Waals surface area contributed by atoms with Gasteiger partial charge in [0.2, 0.25) is 0 Å². The van der Waals surface area contributed by atoms with Crippen LogP contribution in [0.5, 0.6) is 6.01 Å². The van der Waals surface area contributed by atoms with Crippen molar-refractivity contribution >= 4 is 47.4 Å². The summed E-state index contributed by atoms with van der Waals surface area (Å²) in [5, 5.41) is 4.15. The van der Waals surface area contributed by atoms with Gasteiger partial charge in [-0.25, -0.2) is 4.98 Å². The van der Waals surface area contributed by atoms with Gasteiger partial charge in [-0.05, 0) is 88.1 Å². The number of hydrogen-bond acceptors (Lipinski definition) is 6. The first-order valence-electron chi connectivity index (χ1n) is 11.2. The molecule has 0 aliphatic rings. The molecule has 34 heavy (non-hydrogen) atoms. The normalized spacial score (nSPS) is 12.1. The number of fused-ring (bicyclic) bond motifs is 1. The van der Waals surface area contributed by atoms with E-state index in [-0.39, 0.29) is 12.1 Å². The van der Waals surface area contributed by atoms with Gasteiger partial charge in [-0.3, -0.25) is 4.57 Å². The molecule has 0 saturated heterocycles. The second-order valence-electron chi connectivity index (χ2n) is 8.99. The van der Waals surface area contributed by atoms with Crippen LogP contribution < -0.4 is 15.4 Å². The Bertz CT molecular complexity index is 1380. The van der Waals surface area contributed by atoms with Gasteiger partial charge in [0.15, 0.2) is 17.0 Å². The van der Waals surface area contributed by atoms with Crippen LogP contribution in [0.2, 0.25) is 0 Å². The van der Waals surface area contributed by atoms with E-state index < -0.39 is 7.14 Å². The molecule has 4 rings (SSSR count). The van der Waals surface area contributed by atoms with Crippen molar-refractivity contribution < 1.29 is 9.30 Å². The van der Waals surface area contributed by atoms with Gasteiger partial charge >= 0.3 is 6.01 Å². The Morgan fingerprint density at radius 2 is 1.71 bits per heavy atom. The minimum atomic E-state index is -2.32. The number of aryl methyl sites for hydroxylation is 2. The third kappa shape index (κ3) is 5.20. The average molecular weight is 476 g/mol. The summed E-state index contributed by atoms with van der Waals surface area (Å²) in [6, 6.07) is 14.1. The molecule has 0 amide bonds. The highest BCUT2D eigenvalue weighted by Crippen LogP contribution is 2.35. The van der Waals surface area contributed by atoms with Crippen LogP contribution in [0.3, 0.4) is 0 Å². The number of nitrogens with one attached hydrogen (secondary N) is 1. The number of aromatic nitrogens is 4. The molecule has 2 aromatic carbocycles. The van der Waals surface area contributed by atoms with Crippen LogP contribution in [-0.2, 0) is 4.57 Å². The molecule has 2 aromatic heterocycles. The second-order valence-corrected chi connectivity index (χ2v) is 12.2. The Labute approximate surface area is 200 Å². The molecule has 4 aromatic rings. The maximum absolute atomic E-state index is 12.3. The Balaban J connectivity index is 1.74. The monoisotopic (exact) mass is 475 g/mol. The molecule has 0 unspecified atom stereocenters. The van der Waals surface area contributed by atoms with Crippen molar-refractivity contribution in [3.63, 3.8) is 0 Å². The fourth-order valence-electron chi connectivity index (χ4n) is 3.64. The number of nitrogens with zero attached hydrogens (tertiary/aromatic N) is 4. The smallest absolute Gasteiger partial charge is 0.320 e. The minimum Gasteiger partial charge on any atom is -0.461 e. The van der Waals surface area contributed by atoms with E-state index in [0.29, 0.717) is 17.0 Å². The average Bonchev–Trinajstić information content (AvgIpc) is 3.16. The van der Waals surface area contributed by atoms with Gasteiger partial charge in [-0.2, -0.15) is 9.97 Å². The Hall–Kier alpha value is -3.44. The zero-order valence-corrected chi connectivity index (χ0v) is 21.3. The van der Waals surface area contributed by atoms with Crippen LogP contribution in [-0.4, -0.2) is 39.0 Å². The Morgan fingerprint density at radius 1 is 1.03 bits per heavy atom. The molecule has 0 spiro atoms. The predicted octanol–water partition coefficient (Wildman–Crippen LogP) is 5.85. The van der Waals surface area contributed by atoms with Crippen LogP contribution in [0, 0.1) is 13.8 Å². The summed E-state index contributed by atoms with van der Waals surface area (Å²) in [7, 11) is -2.32. The minimum absolute atomic E-state index is 0.0747. The van der Waals surface area contributed by atoms with Crippen molar-refractivity contribution in [3.05, 3.63) is 65.5 Å². The highest BCUT2D eigenvalue weighted by atomic mass is 31.2. The first-order chi connectivity index (χ1) is 16.1. The molecule has 7 nitrogen and oxygen atoms in total. The summed E-state index contributed by atoms with van der Waals surface area (Å²) in [6.45, 7) is 11.6. The van der Waals surface area contributed by atoms with Gasteiger partial charge < -0.3 is 14.6 Å². The first kappa shape index (κ1) is 23.7. The van der Waals surface area contributed by atoms with Crippen molar-refractivity contribution in [2.24, 2.45) is 0 Å². The fraction of sp³-hybridized carbons (Fsp3) is 0.269. The molecule has 0 radical (unpaired) electrons. The van der Waals surface area contributed by atoms with Gasteiger partial charge in [-0.1, -0.05) is 18.2 Å². The second kappa shape index (κ2) is 9.43. The molecule has 176 valence electrons. The number of imidazole rings is 1. The molecule has 0 saturated carbocycles. The molecule has 0 atom stereocenters. The van der Waals surface area contributed by atoms with E-state index in [1.807, 2.05) is 48.9 Å². The van der Waals surface area contributed by atoms with Crippen molar-refractivity contribution in [3.8, 4) is 6.01 Å². The lowest BCUT2D eigenvalue weighted by Crippen LogP contribution is -2.10. The molecular weight excluding hydrogens is 445 g/mol. The maximum Gasteiger partial charge on any atom is 0.320 e. The predicted molar refractivity (Wildman–Crippen MR) is 141 cm³/mol. The summed E-state index contributed by atoms with van der Waals surface area (Å²) in [6.07, 6.45) is 5.67. The molecule has 0 fully saturated rings. The number of anilines is 2. The summed E-state index contributed by atoms with van der Waals surface area (Å²) >= 11 is 0. The van der Waals surface area contributed by atoms with E-state index >= 15 is 0 Å². The molecule has 0 bridgehead atoms. The molecule has 0 aliphatic carbocycles. The largest absolute Gasteiger partial charge is 0.461 e. The zero-order chi connectivity index (χ0) is 24.5. The van der Waals surface area contributed by atoms with Crippen LogP contribution in [0.4, 0.5) is 11.5 Å². The van der Waals surface area contributed by atoms with E-state index in [4.69, 9.17) is 4.74 Å². The van der Waals surface area contributed by atoms with Crippen molar-refractivity contribution in [2.75, 3.05) is 18.6 Å². The van der Waals surface area contributed by atoms with E-state index in [0.717, 1.165) is 11.0 Å². The van der Waals surface area contributed by atoms with Gasteiger partial charge in [-0.15, -0.1) is 0 Å². The lowest BCUT2D eigenvalue weighted by atomic mass is 10.0. The quantitative estimate of drug-likeness (QED) is 0.338. The summed E-state index contributed by atoms with van der Waals surface area (Å²) in [4.78, 5) is 13.8. The molecule has 2 heterocycles. The molecule has 0 aliphatic heterocycles. The van der Waals surface area contributed by atoms with E-state index in [1.165, 1.54) is 16.7 Å². The highest BCUT2D eigenvalue weighted by molar-refractivity contribution is 7.70. The van der Waals surface area contributed by atoms with Crippen LogP contribution in [0.25, 0.3) is 23.4 Å². The van der Waals surface area contributed by atoms with Gasteiger partial charge in [0, 0.05) is 17.2 Å². The summed E-state index contributed by atoms with van der Waals surface area (Å²) in [5.41, 5.74) is 5.65. The highest BCUT2D eigenvalue weighted by Gasteiger charge is 2.16. The topological polar surface area (TPSA) is 81.9 Å². The van der Waals surface area contributed by atoms with Crippen LogP contribution in [0.1, 0.15) is 30.5 Å². The zero-order valence-electron chi connectivity index (χ0n) is 20.4.